The molecule has 0 fully saturated rings. The molecular formula is C17H12BrNO3. The lowest BCUT2D eigenvalue weighted by Crippen LogP contribution is -2.05. The maximum absolute atomic E-state index is 12.0. The summed E-state index contributed by atoms with van der Waals surface area (Å²) in [6.45, 7) is 0. The number of nitrogens with zero attached hydrogens (tertiary/aromatic N) is 1. The van der Waals surface area contributed by atoms with Crippen LogP contribution in [0.2, 0.25) is 0 Å². The molecular weight excluding hydrogens is 346 g/mol. The third-order valence-corrected chi connectivity index (χ3v) is 3.58. The van der Waals surface area contributed by atoms with Gasteiger partial charge in [0, 0.05) is 10.0 Å². The monoisotopic (exact) mass is 357 g/mol. The second kappa shape index (κ2) is 6.15. The number of cyclic esters (lactones) is 1. The molecule has 0 amide bonds. The lowest BCUT2D eigenvalue weighted by molar-refractivity contribution is -0.129. The minimum Gasteiger partial charge on any atom is -0.497 e. The van der Waals surface area contributed by atoms with E-state index >= 15 is 0 Å². The van der Waals surface area contributed by atoms with Crippen LogP contribution < -0.4 is 4.74 Å². The highest BCUT2D eigenvalue weighted by molar-refractivity contribution is 9.10. The molecule has 22 heavy (non-hydrogen) atoms. The van der Waals surface area contributed by atoms with E-state index in [0.717, 1.165) is 21.3 Å². The number of rotatable bonds is 3. The maximum Gasteiger partial charge on any atom is 0.363 e. The number of benzene rings is 2. The van der Waals surface area contributed by atoms with Gasteiger partial charge in [-0.15, -0.1) is 0 Å². The summed E-state index contributed by atoms with van der Waals surface area (Å²) in [6.07, 6.45) is 1.68. The lowest BCUT2D eigenvalue weighted by atomic mass is 10.2. The van der Waals surface area contributed by atoms with Crippen LogP contribution in [0.5, 0.6) is 5.75 Å². The van der Waals surface area contributed by atoms with Gasteiger partial charge in [0.25, 0.3) is 0 Å². The summed E-state index contributed by atoms with van der Waals surface area (Å²) in [4.78, 5) is 16.2. The van der Waals surface area contributed by atoms with Crippen molar-refractivity contribution in [2.45, 2.75) is 0 Å². The first-order chi connectivity index (χ1) is 10.7. The van der Waals surface area contributed by atoms with E-state index < -0.39 is 5.97 Å². The first-order valence-electron chi connectivity index (χ1n) is 6.58. The molecule has 0 unspecified atom stereocenters. The van der Waals surface area contributed by atoms with Crippen molar-refractivity contribution in [1.82, 2.24) is 0 Å². The fourth-order valence-corrected chi connectivity index (χ4v) is 2.44. The molecule has 0 bridgehead atoms. The van der Waals surface area contributed by atoms with Crippen molar-refractivity contribution < 1.29 is 14.3 Å². The van der Waals surface area contributed by atoms with E-state index in [-0.39, 0.29) is 5.70 Å². The average molecular weight is 358 g/mol. The third kappa shape index (κ3) is 3.09. The molecule has 0 aromatic heterocycles. The van der Waals surface area contributed by atoms with Gasteiger partial charge >= 0.3 is 5.97 Å². The van der Waals surface area contributed by atoms with Crippen molar-refractivity contribution in [3.63, 3.8) is 0 Å². The Balaban J connectivity index is 1.94. The van der Waals surface area contributed by atoms with Crippen LogP contribution in [0.25, 0.3) is 6.08 Å². The summed E-state index contributed by atoms with van der Waals surface area (Å²) >= 11 is 3.39. The van der Waals surface area contributed by atoms with E-state index in [1.54, 1.807) is 13.2 Å². The van der Waals surface area contributed by atoms with Crippen LogP contribution in [0.1, 0.15) is 11.1 Å². The lowest BCUT2D eigenvalue weighted by Gasteiger charge is -2.00. The number of ether oxygens (including phenoxy) is 2. The van der Waals surface area contributed by atoms with Crippen molar-refractivity contribution >= 4 is 33.9 Å². The van der Waals surface area contributed by atoms with Gasteiger partial charge in [0.15, 0.2) is 5.70 Å². The largest absolute Gasteiger partial charge is 0.497 e. The summed E-state index contributed by atoms with van der Waals surface area (Å²) in [6, 6.07) is 14.8. The first kappa shape index (κ1) is 14.5. The van der Waals surface area contributed by atoms with Crippen LogP contribution in [-0.4, -0.2) is 19.0 Å². The summed E-state index contributed by atoms with van der Waals surface area (Å²) in [7, 11) is 1.60. The van der Waals surface area contributed by atoms with Crippen molar-refractivity contribution in [1.29, 1.82) is 0 Å². The molecule has 0 atom stereocenters. The Morgan fingerprint density at radius 1 is 1.18 bits per heavy atom. The van der Waals surface area contributed by atoms with Crippen molar-refractivity contribution in [3.05, 3.63) is 69.8 Å². The molecule has 110 valence electrons. The molecule has 2 aromatic carbocycles. The normalized spacial score (nSPS) is 15.6. The molecule has 2 aromatic rings. The molecule has 0 saturated carbocycles. The number of aliphatic imine (C=N–C) groups is 1. The number of halogens is 1. The molecule has 0 N–H and O–H groups in total. The van der Waals surface area contributed by atoms with Crippen molar-refractivity contribution in [3.8, 4) is 5.75 Å². The highest BCUT2D eigenvalue weighted by Gasteiger charge is 2.24. The molecule has 0 aliphatic carbocycles. The molecule has 0 radical (unpaired) electrons. The standard InChI is InChI=1S/C17H12BrNO3/c1-21-14-7-2-4-11(8-14)9-15-17(20)22-16(19-15)12-5-3-6-13(18)10-12/h2-10H,1H3/b15-9-. The zero-order valence-electron chi connectivity index (χ0n) is 11.7. The van der Waals surface area contributed by atoms with E-state index in [1.807, 2.05) is 48.5 Å². The van der Waals surface area contributed by atoms with E-state index in [9.17, 15) is 4.79 Å². The second-order valence-corrected chi connectivity index (χ2v) is 5.54. The van der Waals surface area contributed by atoms with Crippen LogP contribution in [0.4, 0.5) is 0 Å². The molecule has 4 nitrogen and oxygen atoms in total. The number of esters is 1. The van der Waals surface area contributed by atoms with Gasteiger partial charge in [0.05, 0.1) is 7.11 Å². The zero-order valence-corrected chi connectivity index (χ0v) is 13.3. The van der Waals surface area contributed by atoms with Gasteiger partial charge in [-0.2, -0.15) is 0 Å². The van der Waals surface area contributed by atoms with E-state index in [4.69, 9.17) is 9.47 Å². The van der Waals surface area contributed by atoms with Gasteiger partial charge in [0.1, 0.15) is 5.75 Å². The predicted molar refractivity (Wildman–Crippen MR) is 87.7 cm³/mol. The Labute approximate surface area is 136 Å². The number of carbonyl (C=O) groups is 1. The number of hydrogen-bond donors (Lipinski definition) is 0. The smallest absolute Gasteiger partial charge is 0.363 e. The first-order valence-corrected chi connectivity index (χ1v) is 7.37. The number of hydrogen-bond acceptors (Lipinski definition) is 4. The van der Waals surface area contributed by atoms with Crippen LogP contribution in [0.3, 0.4) is 0 Å². The Hall–Kier alpha value is -2.40. The van der Waals surface area contributed by atoms with Gasteiger partial charge in [0.2, 0.25) is 5.90 Å². The van der Waals surface area contributed by atoms with Crippen molar-refractivity contribution in [2.75, 3.05) is 7.11 Å². The van der Waals surface area contributed by atoms with Gasteiger partial charge in [-0.1, -0.05) is 34.1 Å². The number of methoxy groups -OCH3 is 1. The van der Waals surface area contributed by atoms with Crippen molar-refractivity contribution in [2.24, 2.45) is 4.99 Å². The Morgan fingerprint density at radius 3 is 2.77 bits per heavy atom. The van der Waals surface area contributed by atoms with Crippen LogP contribution >= 0.6 is 15.9 Å². The zero-order chi connectivity index (χ0) is 15.5. The molecule has 3 rings (SSSR count). The highest BCUT2D eigenvalue weighted by Crippen LogP contribution is 2.22. The quantitative estimate of drug-likeness (QED) is 0.619. The van der Waals surface area contributed by atoms with Gasteiger partial charge in [-0.05, 0) is 42.0 Å². The molecule has 0 spiro atoms. The fraction of sp³-hybridized carbons (Fsp3) is 0.0588. The molecule has 5 heteroatoms. The second-order valence-electron chi connectivity index (χ2n) is 4.62. The maximum atomic E-state index is 12.0. The Kier molecular flexibility index (Phi) is 4.06. The summed E-state index contributed by atoms with van der Waals surface area (Å²) < 4.78 is 11.3. The van der Waals surface area contributed by atoms with Crippen LogP contribution in [-0.2, 0) is 9.53 Å². The molecule has 1 heterocycles. The van der Waals surface area contributed by atoms with Crippen LogP contribution in [0, 0.1) is 0 Å². The van der Waals surface area contributed by atoms with E-state index in [1.165, 1.54) is 0 Å². The molecule has 0 saturated heterocycles. The molecule has 1 aliphatic heterocycles. The summed E-state index contributed by atoms with van der Waals surface area (Å²) in [5.74, 6) is 0.565. The van der Waals surface area contributed by atoms with E-state index in [2.05, 4.69) is 20.9 Å². The van der Waals surface area contributed by atoms with E-state index in [0.29, 0.717) is 5.90 Å². The van der Waals surface area contributed by atoms with Crippen LogP contribution in [0.15, 0.2) is 63.7 Å². The topological polar surface area (TPSA) is 47.9 Å². The minimum atomic E-state index is -0.460. The van der Waals surface area contributed by atoms with Gasteiger partial charge < -0.3 is 9.47 Å². The van der Waals surface area contributed by atoms with Gasteiger partial charge in [-0.25, -0.2) is 9.79 Å². The summed E-state index contributed by atoms with van der Waals surface area (Å²) in [5, 5.41) is 0. The third-order valence-electron chi connectivity index (χ3n) is 3.09. The average Bonchev–Trinajstić information content (AvgIpc) is 2.89. The molecule has 1 aliphatic rings. The number of carbonyl (C=O) groups excluding carboxylic acids is 1. The summed E-state index contributed by atoms with van der Waals surface area (Å²) in [5.41, 5.74) is 1.84. The Morgan fingerprint density at radius 2 is 2.00 bits per heavy atom. The fourth-order valence-electron chi connectivity index (χ4n) is 2.04. The predicted octanol–water partition coefficient (Wildman–Crippen LogP) is 3.80. The highest BCUT2D eigenvalue weighted by atomic mass is 79.9. The Bertz CT molecular complexity index is 796. The van der Waals surface area contributed by atoms with Gasteiger partial charge in [-0.3, -0.25) is 0 Å². The minimum absolute atomic E-state index is 0.267. The SMILES string of the molecule is COc1cccc(/C=C2\N=C(c3cccc(Br)c3)OC2=O)c1.